The summed E-state index contributed by atoms with van der Waals surface area (Å²) in [4.78, 5) is 13.2. The molecule has 0 saturated carbocycles. The highest BCUT2D eigenvalue weighted by atomic mass is 16.3. The third-order valence-electron chi connectivity index (χ3n) is 3.14. The highest BCUT2D eigenvalue weighted by molar-refractivity contribution is 5.87. The lowest BCUT2D eigenvalue weighted by Crippen LogP contribution is -2.37. The molecule has 1 aromatic heterocycles. The zero-order valence-electron chi connectivity index (χ0n) is 11.8. The topological polar surface area (TPSA) is 70.4 Å². The molecule has 106 valence electrons. The van der Waals surface area contributed by atoms with Crippen LogP contribution in [0.5, 0.6) is 0 Å². The number of carbonyl (C=O) groups excluding carboxylic acids is 1. The molecule has 1 aliphatic rings. The minimum Gasteiger partial charge on any atom is -0.389 e. The molecule has 19 heavy (non-hydrogen) atoms. The van der Waals surface area contributed by atoms with Crippen LogP contribution in [0.1, 0.15) is 33.2 Å². The quantitative estimate of drug-likeness (QED) is 0.848. The Morgan fingerprint density at radius 3 is 3.00 bits per heavy atom. The van der Waals surface area contributed by atoms with Crippen LogP contribution in [0.25, 0.3) is 0 Å². The maximum atomic E-state index is 11.0. The highest BCUT2D eigenvalue weighted by Crippen LogP contribution is 2.23. The summed E-state index contributed by atoms with van der Waals surface area (Å²) in [5, 5.41) is 16.9. The van der Waals surface area contributed by atoms with Gasteiger partial charge in [0, 0.05) is 38.8 Å². The van der Waals surface area contributed by atoms with E-state index in [0.717, 1.165) is 19.5 Å². The average molecular weight is 266 g/mol. The van der Waals surface area contributed by atoms with Crippen molar-refractivity contribution in [3.05, 3.63) is 12.3 Å². The van der Waals surface area contributed by atoms with Crippen molar-refractivity contribution in [1.82, 2.24) is 14.7 Å². The Morgan fingerprint density at radius 2 is 2.37 bits per heavy atom. The summed E-state index contributed by atoms with van der Waals surface area (Å²) in [6.45, 7) is 7.63. The maximum Gasteiger partial charge on any atom is 0.222 e. The predicted molar refractivity (Wildman–Crippen MR) is 72.9 cm³/mol. The molecule has 6 heteroatoms. The Kier molecular flexibility index (Phi) is 3.91. The van der Waals surface area contributed by atoms with E-state index in [0.29, 0.717) is 18.4 Å². The molecule has 1 aromatic rings. The van der Waals surface area contributed by atoms with Crippen LogP contribution in [0, 0.1) is 0 Å². The molecule has 1 fully saturated rings. The Balaban J connectivity index is 1.93. The van der Waals surface area contributed by atoms with Crippen molar-refractivity contribution in [1.29, 1.82) is 0 Å². The van der Waals surface area contributed by atoms with E-state index in [1.165, 1.54) is 6.92 Å². The summed E-state index contributed by atoms with van der Waals surface area (Å²) >= 11 is 0. The van der Waals surface area contributed by atoms with Crippen molar-refractivity contribution in [3.8, 4) is 0 Å². The molecule has 0 unspecified atom stereocenters. The van der Waals surface area contributed by atoms with E-state index in [1.54, 1.807) is 6.07 Å². The molecule has 0 aromatic carbocycles. The smallest absolute Gasteiger partial charge is 0.222 e. The van der Waals surface area contributed by atoms with Gasteiger partial charge in [0.25, 0.3) is 0 Å². The Morgan fingerprint density at radius 1 is 1.63 bits per heavy atom. The summed E-state index contributed by atoms with van der Waals surface area (Å²) in [5.74, 6) is 0.480. The van der Waals surface area contributed by atoms with Crippen molar-refractivity contribution in [2.45, 2.75) is 38.8 Å². The van der Waals surface area contributed by atoms with Gasteiger partial charge in [0.2, 0.25) is 5.91 Å². The highest BCUT2D eigenvalue weighted by Gasteiger charge is 2.28. The van der Waals surface area contributed by atoms with Crippen LogP contribution in [-0.4, -0.2) is 50.9 Å². The molecule has 2 heterocycles. The van der Waals surface area contributed by atoms with Gasteiger partial charge in [-0.1, -0.05) is 0 Å². The van der Waals surface area contributed by atoms with Gasteiger partial charge in [0.15, 0.2) is 5.82 Å². The number of nitrogens with zero attached hydrogens (tertiary/aromatic N) is 3. The number of likely N-dealkylation sites (tertiary alicyclic amines) is 1. The van der Waals surface area contributed by atoms with Crippen LogP contribution in [0.4, 0.5) is 5.82 Å². The molecular formula is C13H22N4O2. The first kappa shape index (κ1) is 14.0. The second-order valence-electron chi connectivity index (χ2n) is 5.85. The van der Waals surface area contributed by atoms with E-state index in [9.17, 15) is 9.90 Å². The predicted octanol–water partition coefficient (Wildman–Crippen LogP) is 0.859. The maximum absolute atomic E-state index is 11.0. The molecule has 0 aliphatic carbocycles. The molecule has 1 atom stereocenters. The van der Waals surface area contributed by atoms with Gasteiger partial charge in [-0.05, 0) is 20.3 Å². The lowest BCUT2D eigenvalue weighted by atomic mass is 10.1. The first-order valence-corrected chi connectivity index (χ1v) is 6.61. The largest absolute Gasteiger partial charge is 0.389 e. The van der Waals surface area contributed by atoms with Crippen LogP contribution in [-0.2, 0) is 4.79 Å². The summed E-state index contributed by atoms with van der Waals surface area (Å²) in [5.41, 5.74) is -0.666. The number of carbonyl (C=O) groups is 1. The molecular weight excluding hydrogens is 244 g/mol. The van der Waals surface area contributed by atoms with Crippen molar-refractivity contribution in [2.24, 2.45) is 0 Å². The normalized spacial score (nSPS) is 20.7. The SMILES string of the molecule is CC(=O)Nc1ccn([C@@H]2CCN(CC(C)(C)O)C2)n1. The molecule has 1 aliphatic heterocycles. The zero-order valence-corrected chi connectivity index (χ0v) is 11.8. The van der Waals surface area contributed by atoms with Crippen LogP contribution in [0.2, 0.25) is 0 Å². The van der Waals surface area contributed by atoms with E-state index in [4.69, 9.17) is 0 Å². The number of nitrogens with one attached hydrogen (secondary N) is 1. The van der Waals surface area contributed by atoms with Crippen LogP contribution in [0.3, 0.4) is 0 Å². The Labute approximate surface area is 113 Å². The standard InChI is InChI=1S/C13H22N4O2/c1-10(18)14-12-5-7-17(15-12)11-4-6-16(8-11)9-13(2,3)19/h5,7,11,19H,4,6,8-9H2,1-3H3,(H,14,15,18)/t11-/m1/s1. The number of β-amino-alcohol motifs (C(OH)–C–C–N with tert-alkyl or cyclic N) is 1. The number of hydrogen-bond donors (Lipinski definition) is 2. The molecule has 2 rings (SSSR count). The summed E-state index contributed by atoms with van der Waals surface area (Å²) in [6.07, 6.45) is 2.90. The fourth-order valence-corrected chi connectivity index (χ4v) is 2.51. The van der Waals surface area contributed by atoms with Crippen molar-refractivity contribution in [2.75, 3.05) is 25.0 Å². The van der Waals surface area contributed by atoms with Gasteiger partial charge in [0.1, 0.15) is 0 Å². The van der Waals surface area contributed by atoms with E-state index in [2.05, 4.69) is 15.3 Å². The van der Waals surface area contributed by atoms with Gasteiger partial charge in [-0.2, -0.15) is 5.10 Å². The number of rotatable bonds is 4. The van der Waals surface area contributed by atoms with E-state index in [1.807, 2.05) is 24.7 Å². The summed E-state index contributed by atoms with van der Waals surface area (Å²) in [6, 6.07) is 2.12. The third kappa shape index (κ3) is 4.04. The molecule has 1 amide bonds. The van der Waals surface area contributed by atoms with Gasteiger partial charge in [0.05, 0.1) is 11.6 Å². The van der Waals surface area contributed by atoms with Crippen LogP contribution >= 0.6 is 0 Å². The molecule has 6 nitrogen and oxygen atoms in total. The fourth-order valence-electron chi connectivity index (χ4n) is 2.51. The number of amides is 1. The summed E-state index contributed by atoms with van der Waals surface area (Å²) < 4.78 is 1.90. The van der Waals surface area contributed by atoms with Gasteiger partial charge >= 0.3 is 0 Å². The number of anilines is 1. The third-order valence-corrected chi connectivity index (χ3v) is 3.14. The van der Waals surface area contributed by atoms with Gasteiger partial charge in [-0.3, -0.25) is 14.4 Å². The second-order valence-corrected chi connectivity index (χ2v) is 5.85. The van der Waals surface area contributed by atoms with Crippen molar-refractivity contribution in [3.63, 3.8) is 0 Å². The van der Waals surface area contributed by atoms with Crippen molar-refractivity contribution >= 4 is 11.7 Å². The second kappa shape index (κ2) is 5.30. The van der Waals surface area contributed by atoms with Crippen LogP contribution < -0.4 is 5.32 Å². The van der Waals surface area contributed by atoms with E-state index < -0.39 is 5.60 Å². The van der Waals surface area contributed by atoms with Gasteiger partial charge < -0.3 is 10.4 Å². The van der Waals surface area contributed by atoms with E-state index in [-0.39, 0.29) is 5.91 Å². The van der Waals surface area contributed by atoms with Gasteiger partial charge in [-0.15, -0.1) is 0 Å². The molecule has 2 N–H and O–H groups in total. The Bertz CT molecular complexity index is 450. The number of hydrogen-bond acceptors (Lipinski definition) is 4. The first-order valence-electron chi connectivity index (χ1n) is 6.61. The fraction of sp³-hybridized carbons (Fsp3) is 0.692. The number of aliphatic hydroxyl groups is 1. The molecule has 0 radical (unpaired) electrons. The lowest BCUT2D eigenvalue weighted by Gasteiger charge is -2.25. The average Bonchev–Trinajstić information content (AvgIpc) is 2.83. The summed E-state index contributed by atoms with van der Waals surface area (Å²) in [7, 11) is 0. The molecule has 1 saturated heterocycles. The zero-order chi connectivity index (χ0) is 14.0. The monoisotopic (exact) mass is 266 g/mol. The van der Waals surface area contributed by atoms with Gasteiger partial charge in [-0.25, -0.2) is 0 Å². The van der Waals surface area contributed by atoms with E-state index >= 15 is 0 Å². The molecule has 0 spiro atoms. The molecule has 0 bridgehead atoms. The minimum absolute atomic E-state index is 0.111. The minimum atomic E-state index is -0.666. The first-order chi connectivity index (χ1) is 8.83. The van der Waals surface area contributed by atoms with Crippen molar-refractivity contribution < 1.29 is 9.90 Å². The lowest BCUT2D eigenvalue weighted by molar-refractivity contribution is -0.114. The van der Waals surface area contributed by atoms with Crippen LogP contribution in [0.15, 0.2) is 12.3 Å². The number of aromatic nitrogens is 2. The Hall–Kier alpha value is -1.40.